The second-order valence-corrected chi connectivity index (χ2v) is 9.46. The largest absolute Gasteiger partial charge is 0.435 e. The zero-order valence-electron chi connectivity index (χ0n) is 16.6. The van der Waals surface area contributed by atoms with Gasteiger partial charge in [0.2, 0.25) is 15.9 Å². The minimum atomic E-state index is -3.62. The summed E-state index contributed by atoms with van der Waals surface area (Å²) in [5, 5.41) is 0. The molecule has 1 saturated heterocycles. The summed E-state index contributed by atoms with van der Waals surface area (Å²) in [6, 6.07) is 4.52. The minimum Gasteiger partial charge on any atom is -0.435 e. The molecule has 1 aromatic carbocycles. The molecular weight excluding hydrogens is 416 g/mol. The Morgan fingerprint density at radius 3 is 2.87 bits per heavy atom. The Balaban J connectivity index is 1.52. The van der Waals surface area contributed by atoms with Crippen molar-refractivity contribution >= 4 is 22.0 Å². The summed E-state index contributed by atoms with van der Waals surface area (Å²) in [7, 11) is -3.62. The van der Waals surface area contributed by atoms with E-state index in [-0.39, 0.29) is 22.5 Å². The number of alkyl halides is 2. The molecule has 1 amide bonds. The van der Waals surface area contributed by atoms with Crippen molar-refractivity contribution in [1.82, 2.24) is 9.62 Å². The second kappa shape index (κ2) is 9.84. The number of hydrogen-bond acceptors (Lipinski definition) is 5. The van der Waals surface area contributed by atoms with Crippen LogP contribution in [0.5, 0.6) is 5.75 Å². The summed E-state index contributed by atoms with van der Waals surface area (Å²) in [4.78, 5) is 13.8. The van der Waals surface area contributed by atoms with Crippen molar-refractivity contribution in [2.45, 2.75) is 38.7 Å². The van der Waals surface area contributed by atoms with Crippen molar-refractivity contribution in [3.05, 3.63) is 34.2 Å². The number of nitrogens with two attached hydrogens (primary N) is 1. The molecule has 0 aromatic heterocycles. The number of allylic oxidation sites excluding steroid dienone is 1. The number of sulfonamides is 1. The molecule has 1 atom stereocenters. The van der Waals surface area contributed by atoms with Gasteiger partial charge >= 0.3 is 6.61 Å². The van der Waals surface area contributed by atoms with Crippen LogP contribution in [-0.4, -0.2) is 52.0 Å². The van der Waals surface area contributed by atoms with Gasteiger partial charge in [0.1, 0.15) is 5.75 Å². The number of hydrogen-bond donors (Lipinski definition) is 2. The third-order valence-electron chi connectivity index (χ3n) is 5.49. The Labute approximate surface area is 175 Å². The lowest BCUT2D eigenvalue weighted by Gasteiger charge is -2.31. The molecule has 2 aliphatic rings. The Bertz CT molecular complexity index is 905. The van der Waals surface area contributed by atoms with Crippen LogP contribution in [0.1, 0.15) is 36.8 Å². The van der Waals surface area contributed by atoms with Crippen LogP contribution in [0, 0.1) is 5.92 Å². The summed E-state index contributed by atoms with van der Waals surface area (Å²) < 4.78 is 57.0. The summed E-state index contributed by atoms with van der Waals surface area (Å²) in [6.07, 6.45) is 4.66. The van der Waals surface area contributed by atoms with Gasteiger partial charge in [-0.1, -0.05) is 6.07 Å². The fourth-order valence-electron chi connectivity index (χ4n) is 3.92. The first-order valence-corrected chi connectivity index (χ1v) is 11.5. The minimum absolute atomic E-state index is 0.0675. The van der Waals surface area contributed by atoms with E-state index in [4.69, 9.17) is 5.73 Å². The van der Waals surface area contributed by atoms with E-state index in [1.807, 2.05) is 0 Å². The molecular formula is C20H27F2N3O4S. The van der Waals surface area contributed by atoms with Crippen LogP contribution in [0.4, 0.5) is 8.78 Å². The number of ether oxygens (including phenoxy) is 1. The number of likely N-dealkylation sites (tertiary alicyclic amines) is 1. The molecule has 0 bridgehead atoms. The molecule has 0 spiro atoms. The Morgan fingerprint density at radius 1 is 1.33 bits per heavy atom. The van der Waals surface area contributed by atoms with Gasteiger partial charge < -0.3 is 15.4 Å². The second-order valence-electron chi connectivity index (χ2n) is 7.64. The van der Waals surface area contributed by atoms with Crippen molar-refractivity contribution in [1.29, 1.82) is 0 Å². The van der Waals surface area contributed by atoms with Gasteiger partial charge in [-0.3, -0.25) is 4.79 Å². The average Bonchev–Trinajstić information content (AvgIpc) is 2.70. The lowest BCUT2D eigenvalue weighted by atomic mass is 9.97. The third kappa shape index (κ3) is 5.99. The van der Waals surface area contributed by atoms with Crippen LogP contribution in [-0.2, 0) is 21.2 Å². The fraction of sp³-hybridized carbons (Fsp3) is 0.550. The monoisotopic (exact) mass is 443 g/mol. The standard InChI is InChI=1S/C20H27F2N3O4S/c21-20(22)29-17-6-4-15-12-18(7-5-14(15)11-17)30(27,28)24-8-2-10-25-9-1-3-16(13-25)19(23)26/h4,6,11-12,16,20,24H,1-3,5,7-10,13H2,(H2,23,26). The van der Waals surface area contributed by atoms with Crippen molar-refractivity contribution in [2.75, 3.05) is 26.2 Å². The molecule has 1 aliphatic heterocycles. The molecule has 1 fully saturated rings. The smallest absolute Gasteiger partial charge is 0.387 e. The summed E-state index contributed by atoms with van der Waals surface area (Å²) in [5.74, 6) is -0.342. The number of fused-ring (bicyclic) bond motifs is 1. The predicted octanol–water partition coefficient (Wildman–Crippen LogP) is 2.08. The van der Waals surface area contributed by atoms with Crippen LogP contribution in [0.15, 0.2) is 23.1 Å². The van der Waals surface area contributed by atoms with Crippen LogP contribution in [0.25, 0.3) is 6.08 Å². The molecule has 1 aromatic rings. The maximum atomic E-state index is 12.6. The quantitative estimate of drug-likeness (QED) is 0.569. The first kappa shape index (κ1) is 22.6. The lowest BCUT2D eigenvalue weighted by Crippen LogP contribution is -2.42. The van der Waals surface area contributed by atoms with Gasteiger partial charge in [0.25, 0.3) is 0 Å². The van der Waals surface area contributed by atoms with E-state index in [2.05, 4.69) is 14.4 Å². The topological polar surface area (TPSA) is 102 Å². The van der Waals surface area contributed by atoms with E-state index >= 15 is 0 Å². The number of piperidine rings is 1. The Kier molecular flexibility index (Phi) is 7.43. The molecule has 0 radical (unpaired) electrons. The van der Waals surface area contributed by atoms with E-state index in [1.165, 1.54) is 12.1 Å². The zero-order chi connectivity index (χ0) is 21.7. The molecule has 1 aliphatic carbocycles. The van der Waals surface area contributed by atoms with E-state index in [0.29, 0.717) is 44.5 Å². The molecule has 30 heavy (non-hydrogen) atoms. The van der Waals surface area contributed by atoms with Crippen LogP contribution >= 0.6 is 0 Å². The van der Waals surface area contributed by atoms with Gasteiger partial charge in [0.05, 0.1) is 10.8 Å². The summed E-state index contributed by atoms with van der Waals surface area (Å²) in [6.45, 7) is -0.391. The highest BCUT2D eigenvalue weighted by molar-refractivity contribution is 7.93. The SMILES string of the molecule is NC(=O)C1CCCN(CCCNS(=O)(=O)C2=Cc3ccc(OC(F)F)cc3CC2)C1. The molecule has 1 unspecified atom stereocenters. The first-order chi connectivity index (χ1) is 14.2. The molecule has 1 heterocycles. The highest BCUT2D eigenvalue weighted by Gasteiger charge is 2.24. The number of nitrogens with zero attached hydrogens (tertiary/aromatic N) is 1. The number of benzene rings is 1. The van der Waals surface area contributed by atoms with Crippen LogP contribution < -0.4 is 15.2 Å². The highest BCUT2D eigenvalue weighted by atomic mass is 32.2. The van der Waals surface area contributed by atoms with Crippen LogP contribution in [0.3, 0.4) is 0 Å². The number of rotatable bonds is 9. The summed E-state index contributed by atoms with van der Waals surface area (Å²) >= 11 is 0. The van der Waals surface area contributed by atoms with Gasteiger partial charge in [-0.2, -0.15) is 8.78 Å². The van der Waals surface area contributed by atoms with Gasteiger partial charge in [-0.15, -0.1) is 0 Å². The number of nitrogens with one attached hydrogen (secondary N) is 1. The van der Waals surface area contributed by atoms with E-state index in [0.717, 1.165) is 24.9 Å². The van der Waals surface area contributed by atoms with E-state index in [9.17, 15) is 22.0 Å². The van der Waals surface area contributed by atoms with Gasteiger partial charge in [0.15, 0.2) is 0 Å². The molecule has 3 N–H and O–H groups in total. The number of amides is 1. The number of primary amides is 1. The number of aryl methyl sites for hydroxylation is 1. The van der Waals surface area contributed by atoms with E-state index < -0.39 is 16.6 Å². The maximum Gasteiger partial charge on any atom is 0.387 e. The van der Waals surface area contributed by atoms with Crippen LogP contribution in [0.2, 0.25) is 0 Å². The van der Waals surface area contributed by atoms with Crippen molar-refractivity contribution in [3.63, 3.8) is 0 Å². The molecule has 7 nitrogen and oxygen atoms in total. The van der Waals surface area contributed by atoms with E-state index in [1.54, 1.807) is 12.1 Å². The average molecular weight is 444 g/mol. The Morgan fingerprint density at radius 2 is 2.13 bits per heavy atom. The first-order valence-electron chi connectivity index (χ1n) is 10.0. The molecule has 10 heteroatoms. The Hall–Kier alpha value is -2.04. The number of carbonyl (C=O) groups is 1. The highest BCUT2D eigenvalue weighted by Crippen LogP contribution is 2.30. The molecule has 166 valence electrons. The zero-order valence-corrected chi connectivity index (χ0v) is 17.5. The lowest BCUT2D eigenvalue weighted by molar-refractivity contribution is -0.123. The number of carbonyl (C=O) groups excluding carboxylic acids is 1. The third-order valence-corrected chi connectivity index (χ3v) is 7.09. The predicted molar refractivity (Wildman–Crippen MR) is 109 cm³/mol. The molecule has 3 rings (SSSR count). The maximum absolute atomic E-state index is 12.6. The van der Waals surface area contributed by atoms with Crippen molar-refractivity contribution in [3.8, 4) is 5.75 Å². The van der Waals surface area contributed by atoms with Crippen molar-refractivity contribution in [2.24, 2.45) is 11.7 Å². The fourth-order valence-corrected chi connectivity index (χ4v) is 5.18. The van der Waals surface area contributed by atoms with Gasteiger partial charge in [-0.25, -0.2) is 13.1 Å². The van der Waals surface area contributed by atoms with Gasteiger partial charge in [0, 0.05) is 13.1 Å². The summed E-state index contributed by atoms with van der Waals surface area (Å²) in [5.41, 5.74) is 6.85. The molecule has 0 saturated carbocycles. The normalized spacial score (nSPS) is 20.0. The number of halogens is 2. The van der Waals surface area contributed by atoms with Crippen molar-refractivity contribution < 1.29 is 26.7 Å². The van der Waals surface area contributed by atoms with Gasteiger partial charge in [-0.05, 0) is 74.5 Å².